The van der Waals surface area contributed by atoms with E-state index < -0.39 is 0 Å². The van der Waals surface area contributed by atoms with Gasteiger partial charge < -0.3 is 4.74 Å². The standard InChI is InChI=1S/C24H41NO4S/c1-2-30-22-17-23(27)25(24(22)28)18-20(26)19-29-21-15-13-11-9-7-5-3-4-6-8-10-12-14-16-21/h21-22H,2-19H2,1H3. The van der Waals surface area contributed by atoms with Gasteiger partial charge in [0.15, 0.2) is 5.78 Å². The van der Waals surface area contributed by atoms with E-state index in [1.54, 1.807) is 0 Å². The first-order valence-corrected chi connectivity index (χ1v) is 13.3. The maximum absolute atomic E-state index is 12.4. The van der Waals surface area contributed by atoms with Crippen molar-refractivity contribution in [3.05, 3.63) is 0 Å². The number of ether oxygens (including phenoxy) is 1. The molecule has 0 spiro atoms. The first-order chi connectivity index (χ1) is 14.6. The summed E-state index contributed by atoms with van der Waals surface area (Å²) in [4.78, 5) is 38.0. The summed E-state index contributed by atoms with van der Waals surface area (Å²) in [6.07, 6.45) is 17.9. The molecular weight excluding hydrogens is 398 g/mol. The van der Waals surface area contributed by atoms with Crippen molar-refractivity contribution in [2.45, 2.75) is 115 Å². The third-order valence-electron chi connectivity index (χ3n) is 6.19. The topological polar surface area (TPSA) is 63.7 Å². The first kappa shape index (κ1) is 25.4. The van der Waals surface area contributed by atoms with Crippen molar-refractivity contribution in [3.63, 3.8) is 0 Å². The number of thioether (sulfide) groups is 1. The van der Waals surface area contributed by atoms with Gasteiger partial charge in [-0.2, -0.15) is 0 Å². The van der Waals surface area contributed by atoms with Crippen LogP contribution in [0, 0.1) is 0 Å². The minimum Gasteiger partial charge on any atom is -0.370 e. The van der Waals surface area contributed by atoms with Crippen LogP contribution in [0.1, 0.15) is 103 Å². The highest BCUT2D eigenvalue weighted by atomic mass is 32.2. The van der Waals surface area contributed by atoms with Crippen LogP contribution in [0.3, 0.4) is 0 Å². The largest absolute Gasteiger partial charge is 0.370 e. The fourth-order valence-corrected chi connectivity index (χ4v) is 5.34. The van der Waals surface area contributed by atoms with Gasteiger partial charge in [-0.25, -0.2) is 0 Å². The summed E-state index contributed by atoms with van der Waals surface area (Å²) in [5.41, 5.74) is 0. The zero-order valence-corrected chi connectivity index (χ0v) is 19.7. The molecule has 172 valence electrons. The molecule has 1 saturated heterocycles. The van der Waals surface area contributed by atoms with Gasteiger partial charge in [-0.15, -0.1) is 11.8 Å². The van der Waals surface area contributed by atoms with E-state index in [1.165, 1.54) is 76.0 Å². The van der Waals surface area contributed by atoms with Gasteiger partial charge in [0.05, 0.1) is 17.9 Å². The molecule has 2 rings (SSSR count). The molecule has 0 aromatic carbocycles. The first-order valence-electron chi connectivity index (χ1n) is 12.2. The van der Waals surface area contributed by atoms with E-state index in [0.717, 1.165) is 36.3 Å². The molecule has 1 aliphatic heterocycles. The second-order valence-electron chi connectivity index (χ2n) is 8.76. The van der Waals surface area contributed by atoms with Crippen LogP contribution in [0.5, 0.6) is 0 Å². The molecule has 1 atom stereocenters. The van der Waals surface area contributed by atoms with E-state index in [2.05, 4.69) is 0 Å². The summed E-state index contributed by atoms with van der Waals surface area (Å²) < 4.78 is 5.98. The SMILES string of the molecule is CCSC1CC(=O)N(CC(=O)COC2CCCCCCCCCCCCCC2)C1=O. The molecule has 2 aliphatic rings. The van der Waals surface area contributed by atoms with Gasteiger partial charge in [0.25, 0.3) is 0 Å². The zero-order chi connectivity index (χ0) is 21.6. The maximum Gasteiger partial charge on any atom is 0.243 e. The summed E-state index contributed by atoms with van der Waals surface area (Å²) in [6, 6.07) is 0. The smallest absolute Gasteiger partial charge is 0.243 e. The number of carbonyl (C=O) groups excluding carboxylic acids is 3. The van der Waals surface area contributed by atoms with Gasteiger partial charge in [0.1, 0.15) is 6.61 Å². The number of likely N-dealkylation sites (tertiary alicyclic amines) is 1. The van der Waals surface area contributed by atoms with E-state index >= 15 is 0 Å². The summed E-state index contributed by atoms with van der Waals surface area (Å²) in [5, 5.41) is -0.319. The predicted molar refractivity (Wildman–Crippen MR) is 123 cm³/mol. The summed E-state index contributed by atoms with van der Waals surface area (Å²) in [6.45, 7) is 1.84. The third-order valence-corrected chi connectivity index (χ3v) is 7.29. The lowest BCUT2D eigenvalue weighted by atomic mass is 10.0. The van der Waals surface area contributed by atoms with Crippen molar-refractivity contribution in [2.24, 2.45) is 0 Å². The predicted octanol–water partition coefficient (Wildman–Crippen LogP) is 5.30. The molecule has 5 nitrogen and oxygen atoms in total. The molecule has 0 bridgehead atoms. The van der Waals surface area contributed by atoms with Crippen LogP contribution in [0.25, 0.3) is 0 Å². The van der Waals surface area contributed by atoms with Gasteiger partial charge in [0.2, 0.25) is 11.8 Å². The monoisotopic (exact) mass is 439 g/mol. The Morgan fingerprint density at radius 1 is 0.900 bits per heavy atom. The fraction of sp³-hybridized carbons (Fsp3) is 0.875. The molecule has 1 aliphatic carbocycles. The van der Waals surface area contributed by atoms with E-state index in [4.69, 9.17) is 4.74 Å². The van der Waals surface area contributed by atoms with E-state index in [1.807, 2.05) is 6.92 Å². The highest BCUT2D eigenvalue weighted by molar-refractivity contribution is 8.00. The maximum atomic E-state index is 12.4. The quantitative estimate of drug-likeness (QED) is 0.504. The second-order valence-corrected chi connectivity index (χ2v) is 10.2. The number of rotatable bonds is 7. The van der Waals surface area contributed by atoms with Crippen molar-refractivity contribution in [1.82, 2.24) is 4.90 Å². The Bertz CT molecular complexity index is 523. The fourth-order valence-electron chi connectivity index (χ4n) is 4.41. The molecule has 0 aromatic rings. The summed E-state index contributed by atoms with van der Waals surface area (Å²) in [5.74, 6) is 0.174. The molecule has 0 N–H and O–H groups in total. The lowest BCUT2D eigenvalue weighted by Crippen LogP contribution is -2.37. The number of carbonyl (C=O) groups is 3. The molecule has 2 amide bonds. The molecular formula is C24H41NO4S. The number of hydrogen-bond donors (Lipinski definition) is 0. The number of Topliss-reactive ketones (excluding diaryl/α,β-unsaturated/α-hetero) is 1. The minimum absolute atomic E-state index is 0.00726. The number of imide groups is 1. The van der Waals surface area contributed by atoms with Gasteiger partial charge in [-0.05, 0) is 18.6 Å². The molecule has 30 heavy (non-hydrogen) atoms. The second kappa shape index (κ2) is 15.0. The van der Waals surface area contributed by atoms with Crippen molar-refractivity contribution in [1.29, 1.82) is 0 Å². The van der Waals surface area contributed by atoms with Gasteiger partial charge in [-0.1, -0.05) is 84.0 Å². The zero-order valence-electron chi connectivity index (χ0n) is 18.9. The third kappa shape index (κ3) is 9.51. The molecule has 1 unspecified atom stereocenters. The van der Waals surface area contributed by atoms with Crippen molar-refractivity contribution < 1.29 is 19.1 Å². The van der Waals surface area contributed by atoms with Crippen LogP contribution in [0.15, 0.2) is 0 Å². The van der Waals surface area contributed by atoms with Crippen LogP contribution in [-0.2, 0) is 19.1 Å². The Morgan fingerprint density at radius 2 is 1.40 bits per heavy atom. The lowest BCUT2D eigenvalue weighted by molar-refractivity contribution is -0.143. The molecule has 6 heteroatoms. The van der Waals surface area contributed by atoms with Crippen molar-refractivity contribution in [3.8, 4) is 0 Å². The average Bonchev–Trinajstić information content (AvgIpc) is 2.98. The molecule has 1 saturated carbocycles. The Morgan fingerprint density at radius 3 is 1.90 bits per heavy atom. The molecule has 2 fully saturated rings. The van der Waals surface area contributed by atoms with Crippen LogP contribution >= 0.6 is 11.8 Å². The van der Waals surface area contributed by atoms with Crippen molar-refractivity contribution >= 4 is 29.4 Å². The number of ketones is 1. The Hall–Kier alpha value is -0.880. The van der Waals surface area contributed by atoms with E-state index in [9.17, 15) is 14.4 Å². The van der Waals surface area contributed by atoms with Gasteiger partial charge in [-0.3, -0.25) is 19.3 Å². The highest BCUT2D eigenvalue weighted by Gasteiger charge is 2.39. The molecule has 1 heterocycles. The normalized spacial score (nSPS) is 23.9. The molecule has 0 radical (unpaired) electrons. The number of amides is 2. The summed E-state index contributed by atoms with van der Waals surface area (Å²) in [7, 11) is 0. The Kier molecular flexibility index (Phi) is 12.7. The Labute approximate surface area is 187 Å². The van der Waals surface area contributed by atoms with Gasteiger partial charge >= 0.3 is 0 Å². The average molecular weight is 440 g/mol. The molecule has 0 aromatic heterocycles. The highest BCUT2D eigenvalue weighted by Crippen LogP contribution is 2.25. The van der Waals surface area contributed by atoms with Crippen LogP contribution in [-0.4, -0.2) is 52.8 Å². The van der Waals surface area contributed by atoms with Gasteiger partial charge in [0, 0.05) is 6.42 Å². The lowest BCUT2D eigenvalue weighted by Gasteiger charge is -2.19. The summed E-state index contributed by atoms with van der Waals surface area (Å²) >= 11 is 1.48. The van der Waals surface area contributed by atoms with E-state index in [-0.39, 0.29) is 48.5 Å². The van der Waals surface area contributed by atoms with Crippen molar-refractivity contribution in [2.75, 3.05) is 18.9 Å². The number of hydrogen-bond acceptors (Lipinski definition) is 5. The van der Waals surface area contributed by atoms with Crippen LogP contribution in [0.4, 0.5) is 0 Å². The Balaban J connectivity index is 1.75. The van der Waals surface area contributed by atoms with Crippen LogP contribution in [0.2, 0.25) is 0 Å². The van der Waals surface area contributed by atoms with Crippen LogP contribution < -0.4 is 0 Å². The van der Waals surface area contributed by atoms with E-state index in [0.29, 0.717) is 0 Å². The minimum atomic E-state index is -0.319. The number of nitrogens with zero attached hydrogens (tertiary/aromatic N) is 1.